The van der Waals surface area contributed by atoms with Crippen LogP contribution >= 0.6 is 11.6 Å². The molecule has 3 N–H and O–H groups in total. The van der Waals surface area contributed by atoms with E-state index in [1.165, 1.54) is 6.07 Å². The maximum absolute atomic E-state index is 14.3. The number of halogens is 2. The van der Waals surface area contributed by atoms with Crippen molar-refractivity contribution in [1.82, 2.24) is 0 Å². The lowest BCUT2D eigenvalue weighted by molar-refractivity contribution is -0.164. The van der Waals surface area contributed by atoms with E-state index in [1.54, 1.807) is 0 Å². The molecule has 1 aliphatic heterocycles. The lowest BCUT2D eigenvalue weighted by Crippen LogP contribution is -2.42. The van der Waals surface area contributed by atoms with Crippen LogP contribution in [-0.4, -0.2) is 35.2 Å². The number of carboxylic acids is 1. The maximum Gasteiger partial charge on any atom is 0.335 e. The van der Waals surface area contributed by atoms with Gasteiger partial charge < -0.3 is 19.7 Å². The molecule has 0 radical (unpaired) electrons. The first-order chi connectivity index (χ1) is 14.2. The third-order valence-electron chi connectivity index (χ3n) is 7.21. The molecule has 7 atom stereocenters. The van der Waals surface area contributed by atoms with Crippen molar-refractivity contribution in [2.24, 2.45) is 29.6 Å². The Morgan fingerprint density at radius 2 is 2.03 bits per heavy atom. The lowest BCUT2D eigenvalue weighted by atomic mass is 9.62. The molecule has 0 spiro atoms. The van der Waals surface area contributed by atoms with Gasteiger partial charge in [-0.05, 0) is 62.0 Å². The highest BCUT2D eigenvalue weighted by Gasteiger charge is 2.44. The average molecular weight is 444 g/mol. The van der Waals surface area contributed by atoms with Crippen molar-refractivity contribution in [2.75, 3.05) is 6.61 Å². The van der Waals surface area contributed by atoms with Crippen molar-refractivity contribution in [3.63, 3.8) is 0 Å². The molecular formula is C23H33ClFO5+. The van der Waals surface area contributed by atoms with E-state index in [1.807, 2.05) is 6.92 Å². The molecule has 2 unspecified atom stereocenters. The molecule has 1 heterocycles. The van der Waals surface area contributed by atoms with Crippen molar-refractivity contribution in [2.45, 2.75) is 65.5 Å². The fourth-order valence-corrected chi connectivity index (χ4v) is 5.48. The number of rotatable bonds is 6. The van der Waals surface area contributed by atoms with Crippen molar-refractivity contribution in [3.8, 4) is 0 Å². The minimum absolute atomic E-state index is 0.00460. The summed E-state index contributed by atoms with van der Waals surface area (Å²) >= 11 is 6.07. The van der Waals surface area contributed by atoms with E-state index in [9.17, 15) is 9.18 Å². The van der Waals surface area contributed by atoms with Gasteiger partial charge in [0.15, 0.2) is 0 Å². The summed E-state index contributed by atoms with van der Waals surface area (Å²) in [6.45, 7) is 7.07. The topological polar surface area (TPSA) is 78.7 Å². The summed E-state index contributed by atoms with van der Waals surface area (Å²) in [6.07, 6.45) is 3.89. The third kappa shape index (κ3) is 5.16. The van der Waals surface area contributed by atoms with E-state index >= 15 is 0 Å². The Hall–Kier alpha value is -1.21. The number of benzene rings is 1. The van der Waals surface area contributed by atoms with E-state index in [4.69, 9.17) is 31.3 Å². The summed E-state index contributed by atoms with van der Waals surface area (Å²) in [4.78, 5) is 11.0. The fraction of sp³-hybridized carbons (Fsp3) is 0.696. The summed E-state index contributed by atoms with van der Waals surface area (Å²) in [5.41, 5.74) is -0.116. The summed E-state index contributed by atoms with van der Waals surface area (Å²) in [5.74, 6) is 0.0295. The van der Waals surface area contributed by atoms with Crippen molar-refractivity contribution in [3.05, 3.63) is 34.1 Å². The van der Waals surface area contributed by atoms with E-state index < -0.39 is 18.1 Å². The predicted molar refractivity (Wildman–Crippen MR) is 113 cm³/mol. The van der Waals surface area contributed by atoms with Crippen LogP contribution in [0.1, 0.15) is 62.4 Å². The quantitative estimate of drug-likeness (QED) is 0.503. The molecule has 2 fully saturated rings. The van der Waals surface area contributed by atoms with Crippen LogP contribution in [0.4, 0.5) is 4.39 Å². The number of fused-ring (bicyclic) bond motifs is 1. The summed E-state index contributed by atoms with van der Waals surface area (Å²) in [5, 5.41) is 17.6. The Labute approximate surface area is 182 Å². The normalized spacial score (nSPS) is 31.5. The van der Waals surface area contributed by atoms with Gasteiger partial charge in [-0.3, -0.25) is 0 Å². The van der Waals surface area contributed by atoms with Crippen molar-refractivity contribution >= 4 is 17.6 Å². The molecule has 7 heteroatoms. The second kappa shape index (κ2) is 9.94. The molecule has 0 bridgehead atoms. The van der Waals surface area contributed by atoms with Gasteiger partial charge in [0.2, 0.25) is 0 Å². The third-order valence-corrected chi connectivity index (χ3v) is 7.55. The van der Waals surface area contributed by atoms with Gasteiger partial charge in [0.25, 0.3) is 6.29 Å². The predicted octanol–water partition coefficient (Wildman–Crippen LogP) is 4.86. The van der Waals surface area contributed by atoms with E-state index in [0.717, 1.165) is 38.4 Å². The number of ether oxygens (including phenoxy) is 2. The Morgan fingerprint density at radius 1 is 1.30 bits per heavy atom. The molecular weight excluding hydrogens is 411 g/mol. The highest BCUT2D eigenvalue weighted by Crippen LogP contribution is 2.46. The van der Waals surface area contributed by atoms with Crippen LogP contribution in [0.3, 0.4) is 0 Å². The van der Waals surface area contributed by atoms with Crippen molar-refractivity contribution < 1.29 is 28.9 Å². The molecule has 0 amide bonds. The van der Waals surface area contributed by atoms with Gasteiger partial charge >= 0.3 is 5.97 Å². The average Bonchev–Trinajstić information content (AvgIpc) is 2.89. The second-order valence-corrected chi connectivity index (χ2v) is 9.49. The zero-order chi connectivity index (χ0) is 22.0. The SMILES string of the molecule is CC1CC[C@@H]2C(CO1)[C@H]([C@@H](C)[C@H]([OH2+])OCc1c(F)cc(C(=O)O)cc1Cl)CC[C@H]2C. The fourth-order valence-electron chi connectivity index (χ4n) is 5.22. The standard InChI is InChI=1S/C23H32ClFO5/c1-12-4-6-17(18-10-29-13(2)5-7-16(12)18)14(3)23(28)30-11-19-20(24)8-15(22(26)27)9-21(19)25/h8-9,12-14,16-18,23,28H,4-7,10-11H2,1-3H3,(H,26,27)/p+1/t12-,13?,14-,16+,17+,18?,23-/m1/s1. The number of hydrogen-bond acceptors (Lipinski definition) is 3. The molecule has 30 heavy (non-hydrogen) atoms. The molecule has 3 rings (SSSR count). The van der Waals surface area contributed by atoms with E-state index in [0.29, 0.717) is 23.7 Å². The zero-order valence-corrected chi connectivity index (χ0v) is 18.6. The molecule has 1 aromatic rings. The van der Waals surface area contributed by atoms with Gasteiger partial charge in [0.05, 0.1) is 30.8 Å². The molecule has 1 aromatic carbocycles. The highest BCUT2D eigenvalue weighted by atomic mass is 35.5. The Bertz CT molecular complexity index is 734. The lowest BCUT2D eigenvalue weighted by Gasteiger charge is -2.43. The monoisotopic (exact) mass is 443 g/mol. The number of carbonyl (C=O) groups is 1. The van der Waals surface area contributed by atoms with E-state index in [2.05, 4.69) is 13.8 Å². The largest absolute Gasteiger partial charge is 0.478 e. The summed E-state index contributed by atoms with van der Waals surface area (Å²) in [7, 11) is 0. The number of aromatic carboxylic acids is 1. The minimum atomic E-state index is -1.24. The molecule has 1 saturated carbocycles. The first kappa shape index (κ1) is 23.5. The highest BCUT2D eigenvalue weighted by molar-refractivity contribution is 6.31. The van der Waals surface area contributed by atoms with Crippen molar-refractivity contribution in [1.29, 1.82) is 0 Å². The first-order valence-electron chi connectivity index (χ1n) is 10.8. The van der Waals surface area contributed by atoms with Crippen LogP contribution in [0, 0.1) is 35.4 Å². The number of carboxylic acid groups (broad SMARTS) is 1. The Morgan fingerprint density at radius 3 is 2.70 bits per heavy atom. The van der Waals surface area contributed by atoms with Crippen LogP contribution in [-0.2, 0) is 16.1 Å². The smallest absolute Gasteiger partial charge is 0.335 e. The second-order valence-electron chi connectivity index (χ2n) is 9.08. The van der Waals surface area contributed by atoms with Crippen LogP contribution < -0.4 is 0 Å². The number of hydrogen-bond donors (Lipinski definition) is 1. The molecule has 2 aliphatic rings. The van der Waals surface area contributed by atoms with Gasteiger partial charge in [-0.25, -0.2) is 9.18 Å². The van der Waals surface area contributed by atoms with E-state index in [-0.39, 0.29) is 34.8 Å². The van der Waals surface area contributed by atoms with Gasteiger partial charge in [-0.15, -0.1) is 0 Å². The van der Waals surface area contributed by atoms with Crippen LogP contribution in [0.5, 0.6) is 0 Å². The molecule has 168 valence electrons. The van der Waals surface area contributed by atoms with Gasteiger partial charge in [-0.1, -0.05) is 31.9 Å². The maximum atomic E-state index is 14.3. The van der Waals surface area contributed by atoms with Crippen LogP contribution in [0.2, 0.25) is 5.02 Å². The van der Waals surface area contributed by atoms with Gasteiger partial charge in [0, 0.05) is 10.6 Å². The Balaban J connectivity index is 1.67. The van der Waals surface area contributed by atoms with Gasteiger partial charge in [0.1, 0.15) is 5.82 Å². The van der Waals surface area contributed by atoms with Gasteiger partial charge in [-0.2, -0.15) is 0 Å². The van der Waals surface area contributed by atoms with Crippen LogP contribution in [0.15, 0.2) is 12.1 Å². The first-order valence-corrected chi connectivity index (χ1v) is 11.2. The molecule has 0 aromatic heterocycles. The Kier molecular flexibility index (Phi) is 7.77. The van der Waals surface area contributed by atoms with Crippen LogP contribution in [0.25, 0.3) is 0 Å². The molecule has 1 saturated heterocycles. The molecule has 1 aliphatic carbocycles. The molecule has 5 nitrogen and oxygen atoms in total. The zero-order valence-electron chi connectivity index (χ0n) is 17.9. The summed E-state index contributed by atoms with van der Waals surface area (Å²) in [6, 6.07) is 2.15. The summed E-state index contributed by atoms with van der Waals surface area (Å²) < 4.78 is 26.1. The minimum Gasteiger partial charge on any atom is -0.478 e.